The Labute approximate surface area is 158 Å². The maximum atomic E-state index is 12.0. The van der Waals surface area contributed by atoms with Gasteiger partial charge in [0.1, 0.15) is 5.75 Å². The van der Waals surface area contributed by atoms with Gasteiger partial charge in [-0.2, -0.15) is 0 Å². The minimum absolute atomic E-state index is 0.000714. The standard InChI is InChI=1S/C20H23N3O4/c1-3-27-16-10-8-15(9-11-16)21-18(24)12-13-19(25)22-23-20(26)17-7-5-4-6-14(17)2/h4-11H,3,12-13H2,1-2H3,(H,21,24)(H,22,25)(H,23,26). The SMILES string of the molecule is CCOc1ccc(NC(=O)CCC(=O)NNC(=O)c2ccccc2C)cc1. The largest absolute Gasteiger partial charge is 0.494 e. The number of carbonyl (C=O) groups excluding carboxylic acids is 3. The first-order chi connectivity index (χ1) is 13.0. The fourth-order valence-electron chi connectivity index (χ4n) is 2.34. The van der Waals surface area contributed by atoms with Crippen molar-refractivity contribution < 1.29 is 19.1 Å². The molecule has 0 aliphatic carbocycles. The van der Waals surface area contributed by atoms with Crippen molar-refractivity contribution in [2.45, 2.75) is 26.7 Å². The first-order valence-electron chi connectivity index (χ1n) is 8.67. The lowest BCUT2D eigenvalue weighted by molar-refractivity contribution is -0.124. The topological polar surface area (TPSA) is 96.5 Å². The van der Waals surface area contributed by atoms with Crippen LogP contribution in [0, 0.1) is 6.92 Å². The Morgan fingerprint density at radius 2 is 1.56 bits per heavy atom. The second-order valence-corrected chi connectivity index (χ2v) is 5.82. The summed E-state index contributed by atoms with van der Waals surface area (Å²) in [5.41, 5.74) is 6.57. The maximum Gasteiger partial charge on any atom is 0.269 e. The predicted molar refractivity (Wildman–Crippen MR) is 102 cm³/mol. The number of hydrogen-bond donors (Lipinski definition) is 3. The van der Waals surface area contributed by atoms with Crippen molar-refractivity contribution in [3.8, 4) is 5.75 Å². The Hall–Kier alpha value is -3.35. The van der Waals surface area contributed by atoms with Crippen LogP contribution in [-0.2, 0) is 9.59 Å². The number of anilines is 1. The summed E-state index contributed by atoms with van der Waals surface area (Å²) in [4.78, 5) is 35.7. The summed E-state index contributed by atoms with van der Waals surface area (Å²) < 4.78 is 5.33. The lowest BCUT2D eigenvalue weighted by Crippen LogP contribution is -2.42. The van der Waals surface area contributed by atoms with Crippen LogP contribution in [-0.4, -0.2) is 24.3 Å². The van der Waals surface area contributed by atoms with E-state index in [4.69, 9.17) is 4.74 Å². The molecule has 0 saturated carbocycles. The molecule has 0 bridgehead atoms. The van der Waals surface area contributed by atoms with Gasteiger partial charge in [0.15, 0.2) is 0 Å². The van der Waals surface area contributed by atoms with Gasteiger partial charge in [0, 0.05) is 24.1 Å². The van der Waals surface area contributed by atoms with Crippen LogP contribution in [0.1, 0.15) is 35.7 Å². The maximum absolute atomic E-state index is 12.0. The number of hydrazine groups is 1. The number of ether oxygens (including phenoxy) is 1. The van der Waals surface area contributed by atoms with Crippen LogP contribution in [0.4, 0.5) is 5.69 Å². The van der Waals surface area contributed by atoms with Crippen LogP contribution >= 0.6 is 0 Å². The van der Waals surface area contributed by atoms with Crippen molar-refractivity contribution >= 4 is 23.4 Å². The van der Waals surface area contributed by atoms with E-state index in [1.807, 2.05) is 26.0 Å². The summed E-state index contributed by atoms with van der Waals surface area (Å²) in [5, 5.41) is 2.70. The average Bonchev–Trinajstić information content (AvgIpc) is 2.66. The summed E-state index contributed by atoms with van der Waals surface area (Å²) in [5.74, 6) is -0.419. The Balaban J connectivity index is 1.72. The van der Waals surface area contributed by atoms with E-state index in [0.717, 1.165) is 11.3 Å². The molecule has 0 spiro atoms. The van der Waals surface area contributed by atoms with E-state index in [1.165, 1.54) is 0 Å². The van der Waals surface area contributed by atoms with Gasteiger partial charge < -0.3 is 10.1 Å². The highest BCUT2D eigenvalue weighted by Gasteiger charge is 2.11. The molecule has 0 aliphatic rings. The smallest absolute Gasteiger partial charge is 0.269 e. The van der Waals surface area contributed by atoms with E-state index in [-0.39, 0.29) is 18.7 Å². The van der Waals surface area contributed by atoms with E-state index < -0.39 is 11.8 Å². The molecule has 0 unspecified atom stereocenters. The van der Waals surface area contributed by atoms with E-state index in [2.05, 4.69) is 16.2 Å². The molecule has 0 saturated heterocycles. The van der Waals surface area contributed by atoms with Gasteiger partial charge in [0.05, 0.1) is 6.61 Å². The summed E-state index contributed by atoms with van der Waals surface area (Å²) in [6.45, 7) is 4.27. The van der Waals surface area contributed by atoms with Gasteiger partial charge >= 0.3 is 0 Å². The normalized spacial score (nSPS) is 10.0. The summed E-state index contributed by atoms with van der Waals surface area (Å²) in [7, 11) is 0. The minimum atomic E-state index is -0.446. The number of benzene rings is 2. The number of amides is 3. The van der Waals surface area contributed by atoms with Crippen molar-refractivity contribution in [1.29, 1.82) is 0 Å². The van der Waals surface area contributed by atoms with Gasteiger partial charge in [0.2, 0.25) is 11.8 Å². The number of rotatable bonds is 7. The molecule has 0 aromatic heterocycles. The van der Waals surface area contributed by atoms with Crippen LogP contribution in [0.2, 0.25) is 0 Å². The molecule has 0 atom stereocenters. The molecule has 0 aliphatic heterocycles. The van der Waals surface area contributed by atoms with E-state index in [9.17, 15) is 14.4 Å². The summed E-state index contributed by atoms with van der Waals surface area (Å²) in [6, 6.07) is 14.0. The Kier molecular flexibility index (Phi) is 7.37. The Morgan fingerprint density at radius 1 is 0.889 bits per heavy atom. The lowest BCUT2D eigenvalue weighted by atomic mass is 10.1. The highest BCUT2D eigenvalue weighted by molar-refractivity contribution is 5.97. The predicted octanol–water partition coefficient (Wildman–Crippen LogP) is 2.57. The molecular weight excluding hydrogens is 346 g/mol. The molecule has 2 aromatic rings. The second kappa shape index (κ2) is 9.96. The molecule has 3 N–H and O–H groups in total. The van der Waals surface area contributed by atoms with E-state index >= 15 is 0 Å². The monoisotopic (exact) mass is 369 g/mol. The lowest BCUT2D eigenvalue weighted by Gasteiger charge is -2.09. The molecule has 2 rings (SSSR count). The zero-order chi connectivity index (χ0) is 19.6. The molecule has 0 heterocycles. The Morgan fingerprint density at radius 3 is 2.22 bits per heavy atom. The molecule has 0 radical (unpaired) electrons. The molecule has 7 nitrogen and oxygen atoms in total. The molecular formula is C20H23N3O4. The van der Waals surface area contributed by atoms with Gasteiger partial charge in [-0.15, -0.1) is 0 Å². The quantitative estimate of drug-likeness (QED) is 0.654. The number of nitrogens with one attached hydrogen (secondary N) is 3. The number of aryl methyl sites for hydroxylation is 1. The van der Waals surface area contributed by atoms with Crippen LogP contribution in [0.5, 0.6) is 5.75 Å². The molecule has 27 heavy (non-hydrogen) atoms. The van der Waals surface area contributed by atoms with Crippen molar-refractivity contribution in [2.75, 3.05) is 11.9 Å². The van der Waals surface area contributed by atoms with Gasteiger partial charge in [-0.25, -0.2) is 0 Å². The van der Waals surface area contributed by atoms with Crippen LogP contribution in [0.15, 0.2) is 48.5 Å². The molecule has 2 aromatic carbocycles. The van der Waals surface area contributed by atoms with Crippen molar-refractivity contribution in [3.63, 3.8) is 0 Å². The van der Waals surface area contributed by atoms with Crippen molar-refractivity contribution in [2.24, 2.45) is 0 Å². The minimum Gasteiger partial charge on any atom is -0.494 e. The number of hydrogen-bond acceptors (Lipinski definition) is 4. The van der Waals surface area contributed by atoms with Gasteiger partial charge in [-0.3, -0.25) is 25.2 Å². The highest BCUT2D eigenvalue weighted by Crippen LogP contribution is 2.15. The molecule has 7 heteroatoms. The number of carbonyl (C=O) groups is 3. The van der Waals surface area contributed by atoms with Gasteiger partial charge in [-0.05, 0) is 49.7 Å². The Bertz CT molecular complexity index is 803. The van der Waals surface area contributed by atoms with Crippen molar-refractivity contribution in [1.82, 2.24) is 10.9 Å². The molecule has 142 valence electrons. The van der Waals surface area contributed by atoms with Crippen LogP contribution in [0.3, 0.4) is 0 Å². The second-order valence-electron chi connectivity index (χ2n) is 5.82. The third kappa shape index (κ3) is 6.47. The zero-order valence-electron chi connectivity index (χ0n) is 15.4. The fourth-order valence-corrected chi connectivity index (χ4v) is 2.34. The summed E-state index contributed by atoms with van der Waals surface area (Å²) >= 11 is 0. The van der Waals surface area contributed by atoms with E-state index in [1.54, 1.807) is 36.4 Å². The zero-order valence-corrected chi connectivity index (χ0v) is 15.4. The van der Waals surface area contributed by atoms with E-state index in [0.29, 0.717) is 17.9 Å². The average molecular weight is 369 g/mol. The summed E-state index contributed by atoms with van der Waals surface area (Å²) in [6.07, 6.45) is -0.0454. The molecule has 0 fully saturated rings. The van der Waals surface area contributed by atoms with Crippen LogP contribution in [0.25, 0.3) is 0 Å². The fraction of sp³-hybridized carbons (Fsp3) is 0.250. The van der Waals surface area contributed by atoms with Gasteiger partial charge in [-0.1, -0.05) is 18.2 Å². The third-order valence-electron chi connectivity index (χ3n) is 3.73. The first kappa shape index (κ1) is 20.0. The van der Waals surface area contributed by atoms with Gasteiger partial charge in [0.25, 0.3) is 5.91 Å². The third-order valence-corrected chi connectivity index (χ3v) is 3.73. The molecule has 3 amide bonds. The highest BCUT2D eigenvalue weighted by atomic mass is 16.5. The van der Waals surface area contributed by atoms with Crippen molar-refractivity contribution in [3.05, 3.63) is 59.7 Å². The first-order valence-corrected chi connectivity index (χ1v) is 8.67. The van der Waals surface area contributed by atoms with Crippen LogP contribution < -0.4 is 20.9 Å².